The molecule has 0 bridgehead atoms. The van der Waals surface area contributed by atoms with Gasteiger partial charge in [-0.1, -0.05) is 67.9 Å². The van der Waals surface area contributed by atoms with Crippen LogP contribution in [-0.4, -0.2) is 35.4 Å². The molecule has 7 heteroatoms. The minimum Gasteiger partial charge on any atom is -0.483 e. The van der Waals surface area contributed by atoms with Gasteiger partial charge in [-0.3, -0.25) is 9.59 Å². The topological polar surface area (TPSA) is 58.6 Å². The Balaban J connectivity index is 1.82. The van der Waals surface area contributed by atoms with Gasteiger partial charge in [-0.25, -0.2) is 0 Å². The summed E-state index contributed by atoms with van der Waals surface area (Å²) in [6.07, 6.45) is 1.30. The molecule has 34 heavy (non-hydrogen) atoms. The molecule has 0 radical (unpaired) electrons. The summed E-state index contributed by atoms with van der Waals surface area (Å²) >= 11 is 9.63. The van der Waals surface area contributed by atoms with E-state index in [1.807, 2.05) is 69.3 Å². The van der Waals surface area contributed by atoms with E-state index in [1.54, 1.807) is 17.0 Å². The maximum absolute atomic E-state index is 13.4. The number of ether oxygens (including phenoxy) is 1. The quantitative estimate of drug-likeness (QED) is 0.323. The summed E-state index contributed by atoms with van der Waals surface area (Å²) in [5.74, 6) is 0.155. The minimum atomic E-state index is -0.610. The van der Waals surface area contributed by atoms with E-state index in [2.05, 4.69) is 21.2 Å². The molecule has 0 saturated carbocycles. The number of benzene rings is 3. The molecule has 5 nitrogen and oxygen atoms in total. The lowest BCUT2D eigenvalue weighted by Crippen LogP contribution is -2.51. The molecule has 0 heterocycles. The van der Waals surface area contributed by atoms with E-state index in [4.69, 9.17) is 16.3 Å². The number of rotatable bonds is 10. The average molecular weight is 546 g/mol. The fourth-order valence-corrected chi connectivity index (χ4v) is 4.43. The summed E-state index contributed by atoms with van der Waals surface area (Å²) in [6, 6.07) is 18.4. The van der Waals surface area contributed by atoms with Crippen LogP contribution >= 0.6 is 27.5 Å². The monoisotopic (exact) mass is 544 g/mol. The molecule has 0 aromatic heterocycles. The normalized spacial score (nSPS) is 12.7. The first-order chi connectivity index (χ1) is 16.3. The Kier molecular flexibility index (Phi) is 9.36. The first-order valence-corrected chi connectivity index (χ1v) is 12.6. The van der Waals surface area contributed by atoms with Gasteiger partial charge in [0.15, 0.2) is 6.61 Å². The highest BCUT2D eigenvalue weighted by Gasteiger charge is 2.29. The second-order valence-electron chi connectivity index (χ2n) is 8.28. The van der Waals surface area contributed by atoms with Gasteiger partial charge in [-0.2, -0.15) is 0 Å². The van der Waals surface area contributed by atoms with E-state index in [9.17, 15) is 9.59 Å². The molecule has 3 rings (SSSR count). The Morgan fingerprint density at radius 1 is 1.03 bits per heavy atom. The fourth-order valence-electron chi connectivity index (χ4n) is 3.69. The summed E-state index contributed by atoms with van der Waals surface area (Å²) in [5.41, 5.74) is 0.888. The van der Waals surface area contributed by atoms with Gasteiger partial charge in [0.05, 0.1) is 4.47 Å². The van der Waals surface area contributed by atoms with Gasteiger partial charge >= 0.3 is 0 Å². The van der Waals surface area contributed by atoms with E-state index in [0.717, 1.165) is 27.2 Å². The summed E-state index contributed by atoms with van der Waals surface area (Å²) in [6.45, 7) is 5.97. The Morgan fingerprint density at radius 3 is 2.41 bits per heavy atom. The predicted molar refractivity (Wildman–Crippen MR) is 141 cm³/mol. The van der Waals surface area contributed by atoms with Gasteiger partial charge in [-0.05, 0) is 70.2 Å². The van der Waals surface area contributed by atoms with Crippen LogP contribution in [0.3, 0.4) is 0 Å². The molecular formula is C27H30BrClN2O3. The average Bonchev–Trinajstić information content (AvgIpc) is 2.84. The van der Waals surface area contributed by atoms with Crippen LogP contribution in [0.1, 0.15) is 39.2 Å². The maximum atomic E-state index is 13.4. The van der Waals surface area contributed by atoms with E-state index < -0.39 is 6.04 Å². The standard InChI is InChI=1S/C27H30BrClN2O3/c1-4-18(3)30-27(33)23(5-2)31(16-19-10-13-21(29)14-11-19)25(32)17-34-24-15-12-20-8-6-7-9-22(20)26(24)28/h6-15,18,23H,4-5,16-17H2,1-3H3,(H,30,33)/t18-,23+/m1/s1. The van der Waals surface area contributed by atoms with Crippen molar-refractivity contribution in [3.8, 4) is 5.75 Å². The Labute approximate surface area is 214 Å². The van der Waals surface area contributed by atoms with Crippen molar-refractivity contribution in [3.63, 3.8) is 0 Å². The Morgan fingerprint density at radius 2 is 1.74 bits per heavy atom. The van der Waals surface area contributed by atoms with Crippen LogP contribution in [-0.2, 0) is 16.1 Å². The number of nitrogens with one attached hydrogen (secondary N) is 1. The molecule has 0 aliphatic heterocycles. The lowest BCUT2D eigenvalue weighted by molar-refractivity contribution is -0.143. The van der Waals surface area contributed by atoms with Gasteiger partial charge < -0.3 is 15.0 Å². The molecule has 0 aliphatic rings. The molecule has 0 unspecified atom stereocenters. The predicted octanol–water partition coefficient (Wildman–Crippen LogP) is 6.36. The fraction of sp³-hybridized carbons (Fsp3) is 0.333. The van der Waals surface area contributed by atoms with Crippen LogP contribution in [0.25, 0.3) is 10.8 Å². The summed E-state index contributed by atoms with van der Waals surface area (Å²) in [7, 11) is 0. The van der Waals surface area contributed by atoms with Crippen LogP contribution in [0.15, 0.2) is 65.1 Å². The van der Waals surface area contributed by atoms with Crippen molar-refractivity contribution in [3.05, 3.63) is 75.7 Å². The van der Waals surface area contributed by atoms with Crippen molar-refractivity contribution in [2.75, 3.05) is 6.61 Å². The first-order valence-electron chi connectivity index (χ1n) is 11.5. The van der Waals surface area contributed by atoms with Crippen molar-refractivity contribution in [1.82, 2.24) is 10.2 Å². The SMILES string of the molecule is CC[C@@H](C)NC(=O)[C@H](CC)N(Cc1ccc(Cl)cc1)C(=O)COc1ccc2ccccc2c1Br. The molecule has 0 spiro atoms. The summed E-state index contributed by atoms with van der Waals surface area (Å²) in [5, 5.41) is 5.71. The Bertz CT molecular complexity index is 1140. The van der Waals surface area contributed by atoms with Gasteiger partial charge in [0.1, 0.15) is 11.8 Å². The van der Waals surface area contributed by atoms with Crippen molar-refractivity contribution >= 4 is 50.1 Å². The van der Waals surface area contributed by atoms with Gasteiger partial charge in [0.25, 0.3) is 5.91 Å². The van der Waals surface area contributed by atoms with Crippen molar-refractivity contribution < 1.29 is 14.3 Å². The van der Waals surface area contributed by atoms with Crippen LogP contribution in [0.4, 0.5) is 0 Å². The highest BCUT2D eigenvalue weighted by molar-refractivity contribution is 9.10. The summed E-state index contributed by atoms with van der Waals surface area (Å²) < 4.78 is 6.73. The second kappa shape index (κ2) is 12.2. The zero-order valence-corrected chi connectivity index (χ0v) is 22.0. The summed E-state index contributed by atoms with van der Waals surface area (Å²) in [4.78, 5) is 28.0. The van der Waals surface area contributed by atoms with E-state index >= 15 is 0 Å². The molecule has 0 aliphatic carbocycles. The van der Waals surface area contributed by atoms with E-state index in [1.165, 1.54) is 0 Å². The Hall–Kier alpha value is -2.57. The number of hydrogen-bond donors (Lipinski definition) is 1. The van der Waals surface area contributed by atoms with E-state index in [-0.39, 0.29) is 31.0 Å². The van der Waals surface area contributed by atoms with Crippen molar-refractivity contribution in [2.45, 2.75) is 52.2 Å². The number of carbonyl (C=O) groups is 2. The molecule has 3 aromatic carbocycles. The van der Waals surface area contributed by atoms with Gasteiger partial charge in [0.2, 0.25) is 5.91 Å². The number of hydrogen-bond acceptors (Lipinski definition) is 3. The number of carbonyl (C=O) groups excluding carboxylic acids is 2. The number of halogens is 2. The smallest absolute Gasteiger partial charge is 0.261 e. The lowest BCUT2D eigenvalue weighted by atomic mass is 10.1. The highest BCUT2D eigenvalue weighted by Crippen LogP contribution is 2.33. The number of amides is 2. The molecule has 0 saturated heterocycles. The highest BCUT2D eigenvalue weighted by atomic mass is 79.9. The zero-order valence-electron chi connectivity index (χ0n) is 19.7. The zero-order chi connectivity index (χ0) is 24.7. The van der Waals surface area contributed by atoms with Gasteiger partial charge in [-0.15, -0.1) is 0 Å². The molecule has 180 valence electrons. The third-order valence-electron chi connectivity index (χ3n) is 5.83. The van der Waals surface area contributed by atoms with Crippen molar-refractivity contribution in [1.29, 1.82) is 0 Å². The third kappa shape index (κ3) is 6.51. The van der Waals surface area contributed by atoms with Gasteiger partial charge in [0, 0.05) is 17.6 Å². The van der Waals surface area contributed by atoms with Crippen LogP contribution in [0.2, 0.25) is 5.02 Å². The van der Waals surface area contributed by atoms with Crippen LogP contribution in [0, 0.1) is 0 Å². The number of nitrogens with zero attached hydrogens (tertiary/aromatic N) is 1. The van der Waals surface area contributed by atoms with E-state index in [0.29, 0.717) is 17.2 Å². The minimum absolute atomic E-state index is 0.0267. The lowest BCUT2D eigenvalue weighted by Gasteiger charge is -2.31. The molecule has 2 atom stereocenters. The maximum Gasteiger partial charge on any atom is 0.261 e. The number of fused-ring (bicyclic) bond motifs is 1. The van der Waals surface area contributed by atoms with Crippen molar-refractivity contribution in [2.24, 2.45) is 0 Å². The molecule has 1 N–H and O–H groups in total. The van der Waals surface area contributed by atoms with Crippen LogP contribution < -0.4 is 10.1 Å². The third-order valence-corrected chi connectivity index (χ3v) is 6.90. The second-order valence-corrected chi connectivity index (χ2v) is 9.51. The largest absolute Gasteiger partial charge is 0.483 e. The van der Waals surface area contributed by atoms with Crippen LogP contribution in [0.5, 0.6) is 5.75 Å². The molecular weight excluding hydrogens is 516 g/mol. The molecule has 2 amide bonds. The molecule has 3 aromatic rings. The molecule has 0 fully saturated rings. The first kappa shape index (κ1) is 26.0.